The SMILES string of the molecule is F.F.F.Fc1cccc(F)c1S.Fc1cccc(F)c1S.Fc1cccc(F)c1S. The van der Waals surface area contributed by atoms with E-state index < -0.39 is 34.9 Å². The lowest BCUT2D eigenvalue weighted by Gasteiger charge is -1.93. The zero-order valence-corrected chi connectivity index (χ0v) is 17.2. The molecule has 3 aromatic carbocycles. The van der Waals surface area contributed by atoms with Gasteiger partial charge in [-0.05, 0) is 36.4 Å². The number of hydrogen-bond donors (Lipinski definition) is 3. The minimum atomic E-state index is -0.627. The Morgan fingerprint density at radius 1 is 0.367 bits per heavy atom. The van der Waals surface area contributed by atoms with Gasteiger partial charge in [-0.1, -0.05) is 18.2 Å². The van der Waals surface area contributed by atoms with E-state index in [2.05, 4.69) is 37.9 Å². The van der Waals surface area contributed by atoms with E-state index in [1.807, 2.05) is 0 Å². The van der Waals surface area contributed by atoms with Crippen molar-refractivity contribution in [2.75, 3.05) is 0 Å². The molecule has 3 aromatic rings. The molecular formula is C18H15F9S3. The maximum atomic E-state index is 12.3. The normalized spacial score (nSPS) is 8.70. The summed E-state index contributed by atoms with van der Waals surface area (Å²) in [6.07, 6.45) is 0. The molecule has 0 heterocycles. The second-order valence-electron chi connectivity index (χ2n) is 4.71. The Morgan fingerprint density at radius 2 is 0.500 bits per heavy atom. The van der Waals surface area contributed by atoms with Crippen molar-refractivity contribution in [3.8, 4) is 0 Å². The van der Waals surface area contributed by atoms with Crippen LogP contribution in [0.25, 0.3) is 0 Å². The van der Waals surface area contributed by atoms with Crippen LogP contribution in [0.2, 0.25) is 0 Å². The molecule has 0 aliphatic rings. The fourth-order valence-corrected chi connectivity index (χ4v) is 1.91. The van der Waals surface area contributed by atoms with Gasteiger partial charge in [0.25, 0.3) is 0 Å². The molecule has 0 N–H and O–H groups in total. The van der Waals surface area contributed by atoms with Crippen molar-refractivity contribution in [1.82, 2.24) is 0 Å². The molecule has 0 unspecified atom stereocenters. The van der Waals surface area contributed by atoms with E-state index in [9.17, 15) is 26.3 Å². The Bertz CT molecular complexity index is 730. The van der Waals surface area contributed by atoms with E-state index in [0.717, 1.165) is 36.4 Å². The van der Waals surface area contributed by atoms with Crippen molar-refractivity contribution in [1.29, 1.82) is 0 Å². The summed E-state index contributed by atoms with van der Waals surface area (Å²) in [6, 6.07) is 10.8. The van der Waals surface area contributed by atoms with Crippen LogP contribution in [0, 0.1) is 34.9 Å². The highest BCUT2D eigenvalue weighted by atomic mass is 32.1. The predicted molar refractivity (Wildman–Crippen MR) is 108 cm³/mol. The third kappa shape index (κ3) is 10.2. The van der Waals surface area contributed by atoms with Crippen LogP contribution in [-0.2, 0) is 0 Å². The molecule has 12 heteroatoms. The number of halogens is 9. The van der Waals surface area contributed by atoms with Gasteiger partial charge in [-0.25, -0.2) is 26.3 Å². The lowest BCUT2D eigenvalue weighted by atomic mass is 10.3. The zero-order chi connectivity index (χ0) is 20.6. The third-order valence-corrected chi connectivity index (χ3v) is 4.09. The lowest BCUT2D eigenvalue weighted by molar-refractivity contribution is 0.541. The topological polar surface area (TPSA) is 0 Å². The van der Waals surface area contributed by atoms with Crippen LogP contribution >= 0.6 is 37.9 Å². The average molecular weight is 499 g/mol. The number of rotatable bonds is 0. The molecule has 168 valence electrons. The molecule has 0 bridgehead atoms. The molecule has 0 nitrogen and oxygen atoms in total. The number of hydrogen-bond acceptors (Lipinski definition) is 3. The first kappa shape index (κ1) is 32.7. The Balaban J connectivity index is -0.000000347. The summed E-state index contributed by atoms with van der Waals surface area (Å²) < 4.78 is 73.6. The summed E-state index contributed by atoms with van der Waals surface area (Å²) in [4.78, 5) is -0.674. The van der Waals surface area contributed by atoms with E-state index >= 15 is 0 Å². The van der Waals surface area contributed by atoms with Crippen LogP contribution < -0.4 is 0 Å². The molecule has 30 heavy (non-hydrogen) atoms. The van der Waals surface area contributed by atoms with Crippen LogP contribution in [0.15, 0.2) is 69.3 Å². The van der Waals surface area contributed by atoms with Gasteiger partial charge in [0, 0.05) is 0 Å². The molecule has 0 aromatic heterocycles. The van der Waals surface area contributed by atoms with Crippen LogP contribution in [-0.4, -0.2) is 0 Å². The largest absolute Gasteiger partial charge is 0.269 e. The fourth-order valence-electron chi connectivity index (χ4n) is 1.47. The van der Waals surface area contributed by atoms with E-state index in [1.165, 1.54) is 18.2 Å². The first-order chi connectivity index (χ1) is 12.6. The van der Waals surface area contributed by atoms with Crippen molar-refractivity contribution >= 4 is 37.9 Å². The van der Waals surface area contributed by atoms with E-state index in [1.54, 1.807) is 0 Å². The summed E-state index contributed by atoms with van der Waals surface area (Å²) in [5.41, 5.74) is 0. The Kier molecular flexibility index (Phi) is 17.3. The summed E-state index contributed by atoms with van der Waals surface area (Å²) in [6.45, 7) is 0. The second kappa shape index (κ2) is 15.9. The minimum Gasteiger partial charge on any atom is -0.269 e. The standard InChI is InChI=1S/3C6H4F2S.3FH/c3*7-4-2-1-3-5(8)6(4)9;;;/h3*1-3,9H;3*1H. The molecule has 0 spiro atoms. The van der Waals surface area contributed by atoms with Crippen molar-refractivity contribution in [2.24, 2.45) is 0 Å². The summed E-state index contributed by atoms with van der Waals surface area (Å²) >= 11 is 10.7. The van der Waals surface area contributed by atoms with Gasteiger partial charge in [-0.15, -0.1) is 37.9 Å². The van der Waals surface area contributed by atoms with Gasteiger partial charge in [-0.3, -0.25) is 14.1 Å². The predicted octanol–water partition coefficient (Wildman–Crippen LogP) is 7.22. The monoisotopic (exact) mass is 498 g/mol. The summed E-state index contributed by atoms with van der Waals surface area (Å²) in [7, 11) is 0. The number of thiol groups is 3. The van der Waals surface area contributed by atoms with Crippen molar-refractivity contribution in [2.45, 2.75) is 14.7 Å². The molecular weight excluding hydrogens is 483 g/mol. The van der Waals surface area contributed by atoms with Gasteiger partial charge in [0.2, 0.25) is 0 Å². The first-order valence-electron chi connectivity index (χ1n) is 7.04. The van der Waals surface area contributed by atoms with E-state index in [0.29, 0.717) is 0 Å². The Labute approximate surface area is 182 Å². The highest BCUT2D eigenvalue weighted by Gasteiger charge is 2.02. The van der Waals surface area contributed by atoms with Crippen molar-refractivity contribution in [3.05, 3.63) is 89.5 Å². The lowest BCUT2D eigenvalue weighted by Crippen LogP contribution is -1.81. The maximum absolute atomic E-state index is 12.3. The summed E-state index contributed by atoms with van der Waals surface area (Å²) in [5.74, 6) is -3.76. The third-order valence-electron chi connectivity index (χ3n) is 2.81. The van der Waals surface area contributed by atoms with Crippen LogP contribution in [0.1, 0.15) is 0 Å². The van der Waals surface area contributed by atoms with E-state index in [4.69, 9.17) is 0 Å². The van der Waals surface area contributed by atoms with Crippen molar-refractivity contribution < 1.29 is 40.5 Å². The second-order valence-corrected chi connectivity index (χ2v) is 6.05. The van der Waals surface area contributed by atoms with E-state index in [-0.39, 0.29) is 28.8 Å². The van der Waals surface area contributed by atoms with Gasteiger partial charge < -0.3 is 0 Å². The molecule has 0 fully saturated rings. The molecule has 0 aliphatic heterocycles. The molecule has 0 aliphatic carbocycles. The Hall–Kier alpha value is -1.92. The van der Waals surface area contributed by atoms with Gasteiger partial charge in [0.1, 0.15) is 34.9 Å². The fraction of sp³-hybridized carbons (Fsp3) is 0. The van der Waals surface area contributed by atoms with Crippen LogP contribution in [0.4, 0.5) is 40.5 Å². The Morgan fingerprint density at radius 3 is 0.600 bits per heavy atom. The van der Waals surface area contributed by atoms with Gasteiger partial charge in [0.15, 0.2) is 0 Å². The van der Waals surface area contributed by atoms with Crippen LogP contribution in [0.5, 0.6) is 0 Å². The van der Waals surface area contributed by atoms with Gasteiger partial charge in [-0.2, -0.15) is 0 Å². The maximum Gasteiger partial charge on any atom is 0.139 e. The molecule has 0 saturated heterocycles. The smallest absolute Gasteiger partial charge is 0.139 e. The highest BCUT2D eigenvalue weighted by Crippen LogP contribution is 2.16. The molecule has 0 saturated carbocycles. The summed E-state index contributed by atoms with van der Waals surface area (Å²) in [5, 5.41) is 0. The van der Waals surface area contributed by atoms with Crippen molar-refractivity contribution in [3.63, 3.8) is 0 Å². The van der Waals surface area contributed by atoms with Gasteiger partial charge in [0.05, 0.1) is 14.7 Å². The minimum absolute atomic E-state index is 0. The highest BCUT2D eigenvalue weighted by molar-refractivity contribution is 7.80. The molecule has 0 radical (unpaired) electrons. The molecule has 0 atom stereocenters. The molecule has 3 rings (SSSR count). The average Bonchev–Trinajstić information content (AvgIpc) is 2.63. The van der Waals surface area contributed by atoms with Crippen LogP contribution in [0.3, 0.4) is 0 Å². The number of benzene rings is 3. The first-order valence-corrected chi connectivity index (χ1v) is 8.38. The zero-order valence-electron chi connectivity index (χ0n) is 14.5. The molecule has 0 amide bonds. The van der Waals surface area contributed by atoms with Gasteiger partial charge >= 0.3 is 0 Å². The quantitative estimate of drug-likeness (QED) is 0.212.